The summed E-state index contributed by atoms with van der Waals surface area (Å²) in [5.74, 6) is 0. The van der Waals surface area contributed by atoms with Gasteiger partial charge >= 0.3 is 0 Å². The van der Waals surface area contributed by atoms with Gasteiger partial charge in [0.2, 0.25) is 0 Å². The number of hydrogen-bond donors (Lipinski definition) is 0. The second-order valence-electron chi connectivity index (χ2n) is 12.5. The maximum atomic E-state index is 2.33. The molecule has 2 heteroatoms. The zero-order valence-corrected chi connectivity index (χ0v) is 26.6. The molecule has 0 bridgehead atoms. The van der Waals surface area contributed by atoms with Crippen molar-refractivity contribution in [1.82, 2.24) is 0 Å². The summed E-state index contributed by atoms with van der Waals surface area (Å²) in [5.41, 5.74) is 11.8. The van der Waals surface area contributed by atoms with Gasteiger partial charge in [-0.3, -0.25) is 0 Å². The van der Waals surface area contributed by atoms with Crippen molar-refractivity contribution in [3.05, 3.63) is 180 Å². The van der Waals surface area contributed by atoms with E-state index in [0.29, 0.717) is 0 Å². The van der Waals surface area contributed by atoms with Gasteiger partial charge in [-0.15, -0.1) is 0 Å². The Labute approximate surface area is 268 Å². The Hall–Kier alpha value is -5.34. The van der Waals surface area contributed by atoms with Crippen molar-refractivity contribution in [1.29, 1.82) is 0 Å². The highest BCUT2D eigenvalue weighted by atomic mass is 15.1. The number of anilines is 6. The number of nitrogens with zero attached hydrogens (tertiary/aromatic N) is 2. The van der Waals surface area contributed by atoms with Crippen molar-refractivity contribution in [2.75, 3.05) is 9.80 Å². The Morgan fingerprint density at radius 2 is 0.778 bits per heavy atom. The van der Waals surface area contributed by atoms with Crippen LogP contribution >= 0.6 is 0 Å². The molecule has 0 amide bonds. The molecule has 0 unspecified atom stereocenters. The molecule has 0 N–H and O–H groups in total. The normalized spacial score (nSPS) is 11.5. The largest absolute Gasteiger partial charge is 0.311 e. The van der Waals surface area contributed by atoms with Crippen molar-refractivity contribution < 1.29 is 0 Å². The van der Waals surface area contributed by atoms with Gasteiger partial charge in [0.1, 0.15) is 0 Å². The van der Waals surface area contributed by atoms with Crippen LogP contribution in [-0.2, 0) is 5.41 Å². The first-order valence-electron chi connectivity index (χ1n) is 15.6. The molecule has 0 radical (unpaired) electrons. The van der Waals surface area contributed by atoms with Gasteiger partial charge in [-0.25, -0.2) is 0 Å². The Morgan fingerprint density at radius 3 is 1.20 bits per heavy atom. The Balaban J connectivity index is 1.24. The summed E-state index contributed by atoms with van der Waals surface area (Å²) in [6, 6.07) is 56.2. The molecule has 0 aliphatic heterocycles. The van der Waals surface area contributed by atoms with Crippen LogP contribution in [0.4, 0.5) is 34.1 Å². The Morgan fingerprint density at radius 1 is 0.400 bits per heavy atom. The van der Waals surface area contributed by atoms with Crippen LogP contribution in [0.5, 0.6) is 0 Å². The van der Waals surface area contributed by atoms with Crippen molar-refractivity contribution in [3.8, 4) is 0 Å². The van der Waals surface area contributed by atoms with E-state index in [9.17, 15) is 0 Å². The minimum atomic E-state index is 0.115. The van der Waals surface area contributed by atoms with E-state index in [4.69, 9.17) is 0 Å². The Kier molecular flexibility index (Phi) is 8.66. The first-order valence-corrected chi connectivity index (χ1v) is 15.6. The summed E-state index contributed by atoms with van der Waals surface area (Å²) < 4.78 is 0. The predicted molar refractivity (Wildman–Crippen MR) is 195 cm³/mol. The summed E-state index contributed by atoms with van der Waals surface area (Å²) in [4.78, 5) is 4.61. The van der Waals surface area contributed by atoms with Gasteiger partial charge in [0.25, 0.3) is 0 Å². The molecule has 0 spiro atoms. The first-order chi connectivity index (χ1) is 21.8. The minimum Gasteiger partial charge on any atom is -0.311 e. The lowest BCUT2D eigenvalue weighted by atomic mass is 9.87. The second-order valence-corrected chi connectivity index (χ2v) is 12.5. The molecular weight excluding hydrogens is 544 g/mol. The van der Waals surface area contributed by atoms with Crippen LogP contribution in [-0.4, -0.2) is 0 Å². The molecule has 0 saturated carbocycles. The smallest absolute Gasteiger partial charge is 0.0464 e. The van der Waals surface area contributed by atoms with Crippen LogP contribution in [0, 0.1) is 6.92 Å². The van der Waals surface area contributed by atoms with Crippen molar-refractivity contribution in [3.63, 3.8) is 0 Å². The monoisotopic (exact) mass is 584 g/mol. The van der Waals surface area contributed by atoms with Crippen LogP contribution in [0.3, 0.4) is 0 Å². The van der Waals surface area contributed by atoms with Crippen molar-refractivity contribution >= 4 is 46.3 Å². The standard InChI is InChI=1S/C43H40N2/c1-33-12-11-17-42(32-33)45(41-30-24-36(25-31-41)43(2,3)4)40-28-22-35(23-29-40)19-18-34-20-26-39(27-21-34)44(37-13-7-5-8-14-37)38-15-9-6-10-16-38/h5-32H,1-4H3. The number of hydrogen-bond acceptors (Lipinski definition) is 2. The lowest BCUT2D eigenvalue weighted by molar-refractivity contribution is 0.590. The summed E-state index contributed by atoms with van der Waals surface area (Å²) in [6.07, 6.45) is 4.36. The minimum absolute atomic E-state index is 0.115. The number of benzene rings is 6. The fraction of sp³-hybridized carbons (Fsp3) is 0.116. The molecule has 2 nitrogen and oxygen atoms in total. The fourth-order valence-electron chi connectivity index (χ4n) is 5.59. The molecule has 6 rings (SSSR count). The highest BCUT2D eigenvalue weighted by molar-refractivity contribution is 5.80. The summed E-state index contributed by atoms with van der Waals surface area (Å²) >= 11 is 0. The molecule has 6 aromatic carbocycles. The van der Waals surface area contributed by atoms with E-state index in [1.807, 2.05) is 0 Å². The lowest BCUT2D eigenvalue weighted by Crippen LogP contribution is -2.13. The molecule has 222 valence electrons. The van der Waals surface area contributed by atoms with Gasteiger partial charge in [-0.05, 0) is 107 Å². The van der Waals surface area contributed by atoms with E-state index in [0.717, 1.165) is 45.3 Å². The molecule has 0 heterocycles. The topological polar surface area (TPSA) is 6.48 Å². The van der Waals surface area contributed by atoms with Crippen LogP contribution in [0.2, 0.25) is 0 Å². The van der Waals surface area contributed by atoms with E-state index in [1.165, 1.54) is 11.1 Å². The predicted octanol–water partition coefficient (Wildman–Crippen LogP) is 12.4. The third-order valence-electron chi connectivity index (χ3n) is 8.05. The molecule has 45 heavy (non-hydrogen) atoms. The third kappa shape index (κ3) is 7.08. The molecule has 0 aliphatic rings. The quantitative estimate of drug-likeness (QED) is 0.164. The van der Waals surface area contributed by atoms with Crippen LogP contribution in [0.25, 0.3) is 12.2 Å². The second kappa shape index (κ2) is 13.1. The third-order valence-corrected chi connectivity index (χ3v) is 8.05. The van der Waals surface area contributed by atoms with Gasteiger partial charge in [0.05, 0.1) is 0 Å². The van der Waals surface area contributed by atoms with Gasteiger partial charge < -0.3 is 9.80 Å². The number of aryl methyl sites for hydroxylation is 1. The molecule has 0 aliphatic carbocycles. The average molecular weight is 585 g/mol. The van der Waals surface area contributed by atoms with Gasteiger partial charge in [0.15, 0.2) is 0 Å². The highest BCUT2D eigenvalue weighted by Crippen LogP contribution is 2.37. The maximum Gasteiger partial charge on any atom is 0.0464 e. The molecular formula is C43H40N2. The van der Waals surface area contributed by atoms with E-state index in [1.54, 1.807) is 0 Å². The molecule has 6 aromatic rings. The van der Waals surface area contributed by atoms with Crippen molar-refractivity contribution in [2.45, 2.75) is 33.1 Å². The number of para-hydroxylation sites is 2. The SMILES string of the molecule is Cc1cccc(N(c2ccc(C=Cc3ccc(N(c4ccccc4)c4ccccc4)cc3)cc2)c2ccc(C(C)(C)C)cc2)c1. The highest BCUT2D eigenvalue weighted by Gasteiger charge is 2.17. The van der Waals surface area contributed by atoms with Gasteiger partial charge in [-0.1, -0.05) is 118 Å². The van der Waals surface area contributed by atoms with Gasteiger partial charge in [-0.2, -0.15) is 0 Å². The van der Waals surface area contributed by atoms with Crippen LogP contribution < -0.4 is 9.80 Å². The van der Waals surface area contributed by atoms with Crippen LogP contribution in [0.1, 0.15) is 43.0 Å². The number of rotatable bonds is 8. The van der Waals surface area contributed by atoms with Gasteiger partial charge in [0, 0.05) is 34.1 Å². The fourth-order valence-corrected chi connectivity index (χ4v) is 5.59. The molecule has 0 aromatic heterocycles. The molecule has 0 saturated heterocycles. The average Bonchev–Trinajstić information content (AvgIpc) is 3.06. The van der Waals surface area contributed by atoms with Crippen LogP contribution in [0.15, 0.2) is 158 Å². The summed E-state index contributed by atoms with van der Waals surface area (Å²) in [6.45, 7) is 8.91. The zero-order chi connectivity index (χ0) is 31.2. The first kappa shape index (κ1) is 29.7. The molecule has 0 atom stereocenters. The maximum absolute atomic E-state index is 2.33. The van der Waals surface area contributed by atoms with E-state index in [-0.39, 0.29) is 5.41 Å². The Bertz CT molecular complexity index is 1810. The summed E-state index contributed by atoms with van der Waals surface area (Å²) in [5, 5.41) is 0. The zero-order valence-electron chi connectivity index (χ0n) is 26.6. The van der Waals surface area contributed by atoms with Crippen molar-refractivity contribution in [2.24, 2.45) is 0 Å². The van der Waals surface area contributed by atoms with E-state index in [2.05, 4.69) is 207 Å². The van der Waals surface area contributed by atoms with E-state index >= 15 is 0 Å². The lowest BCUT2D eigenvalue weighted by Gasteiger charge is -2.27. The molecule has 0 fully saturated rings. The summed E-state index contributed by atoms with van der Waals surface area (Å²) in [7, 11) is 0. The van der Waals surface area contributed by atoms with E-state index < -0.39 is 0 Å².